The molecule has 1 rings (SSSR count). The molecule has 0 aliphatic carbocycles. The van der Waals surface area contributed by atoms with Gasteiger partial charge in [-0.1, -0.05) is 18.1 Å². The Morgan fingerprint density at radius 3 is 2.71 bits per heavy atom. The van der Waals surface area contributed by atoms with Crippen molar-refractivity contribution >= 4 is 5.91 Å². The average molecular weight is 234 g/mol. The van der Waals surface area contributed by atoms with Gasteiger partial charge in [0.15, 0.2) is 0 Å². The predicted octanol–water partition coefficient (Wildman–Crippen LogP) is 1.01. The highest BCUT2D eigenvalue weighted by molar-refractivity contribution is 5.77. The summed E-state index contributed by atoms with van der Waals surface area (Å²) < 4.78 is 12.6. The molecule has 1 amide bonds. The van der Waals surface area contributed by atoms with Crippen LogP contribution in [0.2, 0.25) is 0 Å². The van der Waals surface area contributed by atoms with Gasteiger partial charge in [-0.3, -0.25) is 9.69 Å². The van der Waals surface area contributed by atoms with E-state index in [9.17, 15) is 9.18 Å². The lowest BCUT2D eigenvalue weighted by atomic mass is 10.2. The number of rotatable bonds is 5. The lowest BCUT2D eigenvalue weighted by Gasteiger charge is -2.12. The van der Waals surface area contributed by atoms with E-state index in [1.807, 2.05) is 0 Å². The average Bonchev–Trinajstić information content (AvgIpc) is 2.28. The van der Waals surface area contributed by atoms with Crippen LogP contribution in [0.4, 0.5) is 4.39 Å². The Hall–Kier alpha value is -1.86. The first kappa shape index (κ1) is 13.2. The normalized spacial score (nSPS) is 10.0. The summed E-state index contributed by atoms with van der Waals surface area (Å²) in [6, 6.07) is 6.01. The number of carbonyl (C=O) groups excluding carboxylic acids is 1. The van der Waals surface area contributed by atoms with E-state index >= 15 is 0 Å². The molecule has 90 valence electrons. The number of likely N-dealkylation sites (N-methyl/N-ethyl adjacent to an activating group) is 1. The Morgan fingerprint density at radius 1 is 1.47 bits per heavy atom. The minimum atomic E-state index is -0.283. The summed E-state index contributed by atoms with van der Waals surface area (Å²) in [4.78, 5) is 13.2. The zero-order valence-corrected chi connectivity index (χ0v) is 9.74. The number of nitrogens with zero attached hydrogens (tertiary/aromatic N) is 1. The van der Waals surface area contributed by atoms with Crippen molar-refractivity contribution in [3.05, 3.63) is 35.6 Å². The molecular formula is C13H15FN2O. The van der Waals surface area contributed by atoms with E-state index < -0.39 is 0 Å². The van der Waals surface area contributed by atoms with Crippen LogP contribution in [0.1, 0.15) is 5.56 Å². The van der Waals surface area contributed by atoms with Crippen molar-refractivity contribution in [3.8, 4) is 12.3 Å². The standard InChI is InChI=1S/C13H15FN2O/c1-3-8-16(2)10-13(17)15-9-11-4-6-12(14)7-5-11/h1,4-7H,8-10H2,2H3,(H,15,17). The largest absolute Gasteiger partial charge is 0.351 e. The molecule has 4 heteroatoms. The Balaban J connectivity index is 2.33. The fraction of sp³-hybridized carbons (Fsp3) is 0.308. The molecule has 0 radical (unpaired) electrons. The van der Waals surface area contributed by atoms with Crippen LogP contribution >= 0.6 is 0 Å². The summed E-state index contributed by atoms with van der Waals surface area (Å²) in [5.74, 6) is 2.07. The van der Waals surface area contributed by atoms with Crippen LogP contribution in [0.3, 0.4) is 0 Å². The Kier molecular flexibility index (Phi) is 5.18. The van der Waals surface area contributed by atoms with Crippen LogP contribution in [0.15, 0.2) is 24.3 Å². The maximum Gasteiger partial charge on any atom is 0.234 e. The van der Waals surface area contributed by atoms with Gasteiger partial charge in [-0.05, 0) is 24.7 Å². The monoisotopic (exact) mass is 234 g/mol. The van der Waals surface area contributed by atoms with Gasteiger partial charge in [0.2, 0.25) is 5.91 Å². The molecule has 3 nitrogen and oxygen atoms in total. The van der Waals surface area contributed by atoms with E-state index in [2.05, 4.69) is 11.2 Å². The quantitative estimate of drug-likeness (QED) is 0.771. The maximum atomic E-state index is 12.6. The molecule has 0 unspecified atom stereocenters. The van der Waals surface area contributed by atoms with Crippen molar-refractivity contribution in [2.24, 2.45) is 0 Å². The van der Waals surface area contributed by atoms with Crippen molar-refractivity contribution in [3.63, 3.8) is 0 Å². The second-order valence-corrected chi connectivity index (χ2v) is 3.78. The van der Waals surface area contributed by atoms with Gasteiger partial charge >= 0.3 is 0 Å². The highest BCUT2D eigenvalue weighted by Crippen LogP contribution is 2.01. The molecule has 0 aliphatic rings. The zero-order chi connectivity index (χ0) is 12.7. The number of terminal acetylenes is 1. The minimum absolute atomic E-state index is 0.105. The highest BCUT2D eigenvalue weighted by Gasteiger charge is 2.04. The molecule has 1 aromatic rings. The van der Waals surface area contributed by atoms with E-state index in [-0.39, 0.29) is 18.3 Å². The molecular weight excluding hydrogens is 219 g/mol. The third-order valence-corrected chi connectivity index (χ3v) is 2.18. The lowest BCUT2D eigenvalue weighted by molar-refractivity contribution is -0.122. The van der Waals surface area contributed by atoms with Gasteiger partial charge in [0.05, 0.1) is 13.1 Å². The molecule has 0 atom stereocenters. The van der Waals surface area contributed by atoms with Gasteiger partial charge in [0.1, 0.15) is 5.82 Å². The first-order valence-corrected chi connectivity index (χ1v) is 5.25. The number of benzene rings is 1. The molecule has 1 N–H and O–H groups in total. The van der Waals surface area contributed by atoms with Gasteiger partial charge in [-0.2, -0.15) is 0 Å². The molecule has 0 heterocycles. The molecule has 0 saturated heterocycles. The number of halogens is 1. The first-order chi connectivity index (χ1) is 8.11. The maximum absolute atomic E-state index is 12.6. The van der Waals surface area contributed by atoms with Crippen LogP contribution in [0.25, 0.3) is 0 Å². The Morgan fingerprint density at radius 2 is 2.12 bits per heavy atom. The second-order valence-electron chi connectivity index (χ2n) is 3.78. The van der Waals surface area contributed by atoms with Crippen LogP contribution in [0.5, 0.6) is 0 Å². The zero-order valence-electron chi connectivity index (χ0n) is 9.74. The van der Waals surface area contributed by atoms with E-state index in [1.165, 1.54) is 12.1 Å². The molecule has 0 aromatic heterocycles. The Bertz CT molecular complexity index is 408. The topological polar surface area (TPSA) is 32.3 Å². The molecule has 0 fully saturated rings. The molecule has 17 heavy (non-hydrogen) atoms. The van der Waals surface area contributed by atoms with Crippen molar-refractivity contribution in [1.82, 2.24) is 10.2 Å². The summed E-state index contributed by atoms with van der Waals surface area (Å²) in [7, 11) is 1.78. The lowest BCUT2D eigenvalue weighted by Crippen LogP contribution is -2.34. The molecule has 0 bridgehead atoms. The van der Waals surface area contributed by atoms with Gasteiger partial charge in [-0.25, -0.2) is 4.39 Å². The summed E-state index contributed by atoms with van der Waals surface area (Å²) in [5.41, 5.74) is 0.861. The van der Waals surface area contributed by atoms with E-state index in [4.69, 9.17) is 6.42 Å². The third-order valence-electron chi connectivity index (χ3n) is 2.18. The highest BCUT2D eigenvalue weighted by atomic mass is 19.1. The molecule has 0 aliphatic heterocycles. The summed E-state index contributed by atoms with van der Waals surface area (Å²) >= 11 is 0. The summed E-state index contributed by atoms with van der Waals surface area (Å²) in [6.07, 6.45) is 5.13. The second kappa shape index (κ2) is 6.66. The fourth-order valence-corrected chi connectivity index (χ4v) is 1.32. The number of carbonyl (C=O) groups is 1. The SMILES string of the molecule is C#CCN(C)CC(=O)NCc1ccc(F)cc1. The number of amides is 1. The van der Waals surface area contributed by atoms with Crippen molar-refractivity contribution in [1.29, 1.82) is 0 Å². The van der Waals surface area contributed by atoms with Crippen molar-refractivity contribution in [2.45, 2.75) is 6.54 Å². The third kappa shape index (κ3) is 5.14. The van der Waals surface area contributed by atoms with E-state index in [0.717, 1.165) is 5.56 Å². The van der Waals surface area contributed by atoms with Crippen molar-refractivity contribution < 1.29 is 9.18 Å². The van der Waals surface area contributed by atoms with Gasteiger partial charge in [-0.15, -0.1) is 6.42 Å². The first-order valence-electron chi connectivity index (χ1n) is 5.25. The van der Waals surface area contributed by atoms with Crippen LogP contribution in [0, 0.1) is 18.2 Å². The van der Waals surface area contributed by atoms with Crippen LogP contribution in [-0.2, 0) is 11.3 Å². The predicted molar refractivity (Wildman–Crippen MR) is 64.6 cm³/mol. The number of hydrogen-bond acceptors (Lipinski definition) is 2. The van der Waals surface area contributed by atoms with Crippen LogP contribution in [-0.4, -0.2) is 30.9 Å². The van der Waals surface area contributed by atoms with Crippen LogP contribution < -0.4 is 5.32 Å². The Labute approximate surface area is 101 Å². The van der Waals surface area contributed by atoms with Gasteiger partial charge in [0, 0.05) is 6.54 Å². The van der Waals surface area contributed by atoms with Gasteiger partial charge < -0.3 is 5.32 Å². The smallest absolute Gasteiger partial charge is 0.234 e. The molecule has 0 saturated carbocycles. The summed E-state index contributed by atoms with van der Waals surface area (Å²) in [6.45, 7) is 1.08. The molecule has 0 spiro atoms. The number of nitrogens with one attached hydrogen (secondary N) is 1. The van der Waals surface area contributed by atoms with Crippen molar-refractivity contribution in [2.75, 3.05) is 20.1 Å². The summed E-state index contributed by atoms with van der Waals surface area (Å²) in [5, 5.41) is 2.74. The van der Waals surface area contributed by atoms with E-state index in [1.54, 1.807) is 24.1 Å². The minimum Gasteiger partial charge on any atom is -0.351 e. The number of hydrogen-bond donors (Lipinski definition) is 1. The van der Waals surface area contributed by atoms with E-state index in [0.29, 0.717) is 13.1 Å². The fourth-order valence-electron chi connectivity index (χ4n) is 1.32. The van der Waals surface area contributed by atoms with Gasteiger partial charge in [0.25, 0.3) is 0 Å². The molecule has 1 aromatic carbocycles.